The first-order chi connectivity index (χ1) is 11.6. The Hall–Kier alpha value is -2.05. The lowest BCUT2D eigenvalue weighted by Crippen LogP contribution is -2.20. The van der Waals surface area contributed by atoms with E-state index in [1.54, 1.807) is 12.1 Å². The second-order valence-corrected chi connectivity index (χ2v) is 6.55. The maximum atomic E-state index is 13.0. The zero-order valence-corrected chi connectivity index (χ0v) is 14.8. The van der Waals surface area contributed by atoms with E-state index in [1.165, 1.54) is 17.7 Å². The molecule has 3 aromatic rings. The second-order valence-electron chi connectivity index (χ2n) is 5.63. The van der Waals surface area contributed by atoms with Crippen molar-refractivity contribution >= 4 is 15.9 Å². The Morgan fingerprint density at radius 1 is 1.08 bits per heavy atom. The molecule has 0 spiro atoms. The van der Waals surface area contributed by atoms with Gasteiger partial charge in [-0.05, 0) is 55.4 Å². The van der Waals surface area contributed by atoms with Crippen molar-refractivity contribution in [3.63, 3.8) is 0 Å². The number of hydrogen-bond donors (Lipinski definition) is 0. The smallest absolute Gasteiger partial charge is 0.241 e. The Morgan fingerprint density at radius 2 is 1.79 bits per heavy atom. The molecule has 1 heterocycles. The molecule has 6 heteroatoms. The van der Waals surface area contributed by atoms with E-state index in [2.05, 4.69) is 43.1 Å². The summed E-state index contributed by atoms with van der Waals surface area (Å²) in [7, 11) is 2.01. The van der Waals surface area contributed by atoms with Crippen LogP contribution in [0.4, 0.5) is 4.39 Å². The molecule has 24 heavy (non-hydrogen) atoms. The Labute approximate surface area is 148 Å². The van der Waals surface area contributed by atoms with Gasteiger partial charge in [0, 0.05) is 16.6 Å². The summed E-state index contributed by atoms with van der Waals surface area (Å²) in [6, 6.07) is 14.4. The van der Waals surface area contributed by atoms with Gasteiger partial charge in [-0.3, -0.25) is 4.90 Å². The first-order valence-corrected chi connectivity index (χ1v) is 8.41. The second kappa shape index (κ2) is 7.68. The van der Waals surface area contributed by atoms with Crippen LogP contribution in [0.1, 0.15) is 11.5 Å². The Kier molecular flexibility index (Phi) is 5.37. The fourth-order valence-electron chi connectivity index (χ4n) is 2.32. The molecule has 0 N–H and O–H groups in total. The molecule has 0 fully saturated rings. The van der Waals surface area contributed by atoms with Crippen LogP contribution in [0.25, 0.3) is 11.4 Å². The van der Waals surface area contributed by atoms with Gasteiger partial charge in [-0.2, -0.15) is 4.98 Å². The number of likely N-dealkylation sites (N-methyl/N-ethyl adjacent to an activating group) is 1. The van der Waals surface area contributed by atoms with Gasteiger partial charge in [-0.15, -0.1) is 0 Å². The topological polar surface area (TPSA) is 42.2 Å². The van der Waals surface area contributed by atoms with E-state index in [0.717, 1.165) is 23.0 Å². The fraction of sp³-hybridized carbons (Fsp3) is 0.222. The number of rotatable bonds is 6. The van der Waals surface area contributed by atoms with Gasteiger partial charge in [0.1, 0.15) is 5.82 Å². The average Bonchev–Trinajstić information content (AvgIpc) is 3.03. The average molecular weight is 390 g/mol. The first kappa shape index (κ1) is 16.8. The van der Waals surface area contributed by atoms with Crippen molar-refractivity contribution in [1.82, 2.24) is 15.0 Å². The fourth-order valence-corrected chi connectivity index (χ4v) is 2.58. The van der Waals surface area contributed by atoms with Gasteiger partial charge < -0.3 is 4.52 Å². The van der Waals surface area contributed by atoms with Crippen LogP contribution in [0.5, 0.6) is 0 Å². The third-order valence-electron chi connectivity index (χ3n) is 3.67. The van der Waals surface area contributed by atoms with Crippen LogP contribution >= 0.6 is 15.9 Å². The summed E-state index contributed by atoms with van der Waals surface area (Å²) in [5.74, 6) is 0.745. The molecule has 0 radical (unpaired) electrons. The highest BCUT2D eigenvalue weighted by Crippen LogP contribution is 2.17. The Balaban J connectivity index is 1.55. The van der Waals surface area contributed by atoms with Crippen LogP contribution in [-0.4, -0.2) is 28.6 Å². The summed E-state index contributed by atoms with van der Waals surface area (Å²) in [5.41, 5.74) is 2.02. The highest BCUT2D eigenvalue weighted by Gasteiger charge is 2.11. The van der Waals surface area contributed by atoms with Crippen molar-refractivity contribution in [3.05, 3.63) is 70.3 Å². The highest BCUT2D eigenvalue weighted by atomic mass is 79.9. The van der Waals surface area contributed by atoms with Crippen molar-refractivity contribution in [2.24, 2.45) is 0 Å². The molecular weight excluding hydrogens is 373 g/mol. The summed E-state index contributed by atoms with van der Waals surface area (Å²) in [6.45, 7) is 1.46. The number of nitrogens with zero attached hydrogens (tertiary/aromatic N) is 3. The van der Waals surface area contributed by atoms with E-state index >= 15 is 0 Å². The molecule has 0 bridgehead atoms. The monoisotopic (exact) mass is 389 g/mol. The van der Waals surface area contributed by atoms with Gasteiger partial charge in [0.25, 0.3) is 0 Å². The summed E-state index contributed by atoms with van der Waals surface area (Å²) in [6.07, 6.45) is 0.947. The molecule has 3 rings (SSSR count). The lowest BCUT2D eigenvalue weighted by atomic mass is 10.1. The largest absolute Gasteiger partial charge is 0.338 e. The van der Waals surface area contributed by atoms with Gasteiger partial charge in [0.05, 0.1) is 6.54 Å². The van der Waals surface area contributed by atoms with Crippen LogP contribution in [0.3, 0.4) is 0 Å². The highest BCUT2D eigenvalue weighted by molar-refractivity contribution is 9.10. The number of halogens is 2. The van der Waals surface area contributed by atoms with E-state index in [0.29, 0.717) is 18.3 Å². The molecule has 0 aliphatic carbocycles. The molecule has 124 valence electrons. The Morgan fingerprint density at radius 3 is 2.50 bits per heavy atom. The molecule has 4 nitrogen and oxygen atoms in total. The van der Waals surface area contributed by atoms with Crippen molar-refractivity contribution in [2.75, 3.05) is 13.6 Å². The van der Waals surface area contributed by atoms with E-state index in [4.69, 9.17) is 4.52 Å². The quantitative estimate of drug-likeness (QED) is 0.629. The molecule has 0 unspecified atom stereocenters. The van der Waals surface area contributed by atoms with Crippen molar-refractivity contribution in [1.29, 1.82) is 0 Å². The zero-order valence-electron chi connectivity index (χ0n) is 13.2. The number of aromatic nitrogens is 2. The van der Waals surface area contributed by atoms with Crippen molar-refractivity contribution in [3.8, 4) is 11.4 Å². The molecule has 0 aliphatic heterocycles. The number of benzene rings is 2. The third-order valence-corrected chi connectivity index (χ3v) is 4.20. The molecule has 0 saturated heterocycles. The van der Waals surface area contributed by atoms with E-state index in [-0.39, 0.29) is 5.82 Å². The Bertz CT molecular complexity index is 787. The van der Waals surface area contributed by atoms with Crippen LogP contribution in [0.15, 0.2) is 57.5 Å². The van der Waals surface area contributed by atoms with Crippen LogP contribution in [-0.2, 0) is 13.0 Å². The molecular formula is C18H17BrFN3O. The van der Waals surface area contributed by atoms with Gasteiger partial charge >= 0.3 is 0 Å². The molecule has 0 aliphatic rings. The van der Waals surface area contributed by atoms with Gasteiger partial charge in [-0.1, -0.05) is 33.2 Å². The lowest BCUT2D eigenvalue weighted by Gasteiger charge is -2.13. The van der Waals surface area contributed by atoms with Gasteiger partial charge in [0.15, 0.2) is 0 Å². The predicted octanol–water partition coefficient (Wildman–Crippen LogP) is 4.31. The van der Waals surface area contributed by atoms with Crippen molar-refractivity contribution < 1.29 is 8.91 Å². The van der Waals surface area contributed by atoms with Gasteiger partial charge in [0.2, 0.25) is 11.7 Å². The maximum Gasteiger partial charge on any atom is 0.241 e. The van der Waals surface area contributed by atoms with E-state index in [1.807, 2.05) is 19.2 Å². The normalized spacial score (nSPS) is 11.2. The zero-order chi connectivity index (χ0) is 16.9. The van der Waals surface area contributed by atoms with E-state index < -0.39 is 0 Å². The molecule has 0 saturated carbocycles. The summed E-state index contributed by atoms with van der Waals surface area (Å²) >= 11 is 3.44. The standard InChI is InChI=1S/C18H17BrFN3O/c1-23(11-10-13-2-6-15(19)7-3-13)12-17-21-18(22-24-17)14-4-8-16(20)9-5-14/h2-9H,10-12H2,1H3. The molecule has 0 amide bonds. The van der Waals surface area contributed by atoms with Gasteiger partial charge in [-0.25, -0.2) is 4.39 Å². The summed E-state index contributed by atoms with van der Waals surface area (Å²) in [5, 5.41) is 3.96. The van der Waals surface area contributed by atoms with E-state index in [9.17, 15) is 4.39 Å². The minimum Gasteiger partial charge on any atom is -0.338 e. The minimum atomic E-state index is -0.282. The van der Waals surface area contributed by atoms with Crippen LogP contribution in [0.2, 0.25) is 0 Å². The number of hydrogen-bond acceptors (Lipinski definition) is 4. The minimum absolute atomic E-state index is 0.282. The van der Waals surface area contributed by atoms with Crippen molar-refractivity contribution in [2.45, 2.75) is 13.0 Å². The molecule has 1 aromatic heterocycles. The first-order valence-electron chi connectivity index (χ1n) is 7.61. The van der Waals surface area contributed by atoms with Crippen LogP contribution in [0, 0.1) is 5.82 Å². The lowest BCUT2D eigenvalue weighted by molar-refractivity contribution is 0.269. The molecule has 0 atom stereocenters. The third kappa shape index (κ3) is 4.49. The van der Waals surface area contributed by atoms with Crippen LogP contribution < -0.4 is 0 Å². The SMILES string of the molecule is CN(CCc1ccc(Br)cc1)Cc1nc(-c2ccc(F)cc2)no1. The predicted molar refractivity (Wildman–Crippen MR) is 93.9 cm³/mol. The summed E-state index contributed by atoms with van der Waals surface area (Å²) < 4.78 is 19.3. The maximum absolute atomic E-state index is 13.0. The molecule has 2 aromatic carbocycles. The summed E-state index contributed by atoms with van der Waals surface area (Å²) in [4.78, 5) is 6.50.